The molecule has 2 aromatic carbocycles. The Morgan fingerprint density at radius 1 is 0.806 bits per heavy atom. The molecule has 170 valence electrons. The number of rotatable bonds is 10. The van der Waals surface area contributed by atoms with Gasteiger partial charge in [-0.3, -0.25) is 9.80 Å². The molecule has 2 N–H and O–H groups in total. The monoisotopic (exact) mass is 428 g/mol. The van der Waals surface area contributed by atoms with Gasteiger partial charge in [-0.25, -0.2) is 0 Å². The molecule has 0 spiro atoms. The molecule has 1 saturated heterocycles. The van der Waals surface area contributed by atoms with Gasteiger partial charge >= 0.3 is 0 Å². The van der Waals surface area contributed by atoms with Crippen molar-refractivity contribution < 1.29 is 19.7 Å². The molecule has 2 aromatic rings. The highest BCUT2D eigenvalue weighted by Gasteiger charge is 2.26. The van der Waals surface area contributed by atoms with E-state index in [1.165, 1.54) is 11.1 Å². The standard InChI is InChI=1S/C25H36N2O4/c1-19-4-8-24(9-5-19)30-17-22(28)15-26-12-13-27(21(3)14-26)16-23(29)18-31-25-10-6-20(2)7-11-25/h4-11,21-23,28-29H,12-18H2,1-3H3. The summed E-state index contributed by atoms with van der Waals surface area (Å²) in [5.74, 6) is 1.56. The van der Waals surface area contributed by atoms with Gasteiger partial charge in [-0.1, -0.05) is 35.4 Å². The van der Waals surface area contributed by atoms with E-state index in [0.717, 1.165) is 31.1 Å². The van der Waals surface area contributed by atoms with Crippen molar-refractivity contribution in [1.82, 2.24) is 9.80 Å². The van der Waals surface area contributed by atoms with Crippen LogP contribution in [0.4, 0.5) is 0 Å². The van der Waals surface area contributed by atoms with Crippen LogP contribution in [0.15, 0.2) is 48.5 Å². The highest BCUT2D eigenvalue weighted by molar-refractivity contribution is 5.27. The number of piperazine rings is 1. The highest BCUT2D eigenvalue weighted by Crippen LogP contribution is 2.15. The van der Waals surface area contributed by atoms with E-state index in [1.807, 2.05) is 62.4 Å². The largest absolute Gasteiger partial charge is 0.491 e. The molecule has 3 rings (SSSR count). The van der Waals surface area contributed by atoms with Gasteiger partial charge in [0, 0.05) is 38.8 Å². The molecule has 0 radical (unpaired) electrons. The van der Waals surface area contributed by atoms with E-state index < -0.39 is 12.2 Å². The number of aliphatic hydroxyl groups excluding tert-OH is 2. The Morgan fingerprint density at radius 2 is 1.29 bits per heavy atom. The zero-order chi connectivity index (χ0) is 22.2. The first-order chi connectivity index (χ1) is 14.9. The van der Waals surface area contributed by atoms with E-state index in [1.54, 1.807) is 0 Å². The molecule has 0 amide bonds. The Bertz CT molecular complexity index is 781. The fourth-order valence-corrected chi connectivity index (χ4v) is 3.84. The topological polar surface area (TPSA) is 65.4 Å². The summed E-state index contributed by atoms with van der Waals surface area (Å²) in [6.07, 6.45) is -1.07. The number of β-amino-alcohol motifs (C(OH)–C–C–N with tert-alkyl or cyclic N) is 2. The smallest absolute Gasteiger partial charge is 0.119 e. The number of benzene rings is 2. The lowest BCUT2D eigenvalue weighted by Crippen LogP contribution is -2.55. The summed E-state index contributed by atoms with van der Waals surface area (Å²) in [7, 11) is 0. The van der Waals surface area contributed by atoms with Gasteiger partial charge in [0.2, 0.25) is 0 Å². The third-order valence-electron chi connectivity index (χ3n) is 5.69. The summed E-state index contributed by atoms with van der Waals surface area (Å²) < 4.78 is 11.4. The Labute approximate surface area is 186 Å². The van der Waals surface area contributed by atoms with Crippen LogP contribution >= 0.6 is 0 Å². The number of aliphatic hydroxyl groups is 2. The second kappa shape index (κ2) is 11.5. The number of nitrogens with zero attached hydrogens (tertiary/aromatic N) is 2. The van der Waals surface area contributed by atoms with Gasteiger partial charge in [0.1, 0.15) is 36.9 Å². The second-order valence-corrected chi connectivity index (χ2v) is 8.66. The fraction of sp³-hybridized carbons (Fsp3) is 0.520. The molecule has 1 aliphatic rings. The van der Waals surface area contributed by atoms with Gasteiger partial charge in [0.25, 0.3) is 0 Å². The van der Waals surface area contributed by atoms with Gasteiger partial charge in [-0.2, -0.15) is 0 Å². The Balaban J connectivity index is 1.35. The summed E-state index contributed by atoms with van der Waals surface area (Å²) in [4.78, 5) is 4.55. The number of ether oxygens (including phenoxy) is 2. The van der Waals surface area contributed by atoms with Crippen molar-refractivity contribution in [2.24, 2.45) is 0 Å². The van der Waals surface area contributed by atoms with Crippen LogP contribution in [-0.2, 0) is 0 Å². The average molecular weight is 429 g/mol. The summed E-state index contributed by atoms with van der Waals surface area (Å²) in [5, 5.41) is 20.8. The van der Waals surface area contributed by atoms with E-state index in [9.17, 15) is 10.2 Å². The molecule has 1 aliphatic heterocycles. The molecule has 3 atom stereocenters. The molecular weight excluding hydrogens is 392 g/mol. The maximum Gasteiger partial charge on any atom is 0.119 e. The SMILES string of the molecule is Cc1ccc(OCC(O)CN2CCN(CC(O)COc3ccc(C)cc3)C(C)C2)cc1. The Kier molecular flexibility index (Phi) is 8.72. The van der Waals surface area contributed by atoms with Crippen LogP contribution in [0.3, 0.4) is 0 Å². The second-order valence-electron chi connectivity index (χ2n) is 8.66. The molecule has 1 heterocycles. The average Bonchev–Trinajstić information content (AvgIpc) is 2.75. The number of aryl methyl sites for hydroxylation is 2. The van der Waals surface area contributed by atoms with Gasteiger partial charge in [0.05, 0.1) is 0 Å². The van der Waals surface area contributed by atoms with Crippen molar-refractivity contribution in [2.45, 2.75) is 39.0 Å². The lowest BCUT2D eigenvalue weighted by atomic mass is 10.1. The third kappa shape index (κ3) is 7.82. The van der Waals surface area contributed by atoms with Crippen molar-refractivity contribution in [2.75, 3.05) is 45.9 Å². The summed E-state index contributed by atoms with van der Waals surface area (Å²) in [6, 6.07) is 16.0. The van der Waals surface area contributed by atoms with E-state index in [4.69, 9.17) is 9.47 Å². The summed E-state index contributed by atoms with van der Waals surface area (Å²) in [6.45, 7) is 10.5. The van der Waals surface area contributed by atoms with Crippen molar-refractivity contribution in [1.29, 1.82) is 0 Å². The zero-order valence-electron chi connectivity index (χ0n) is 18.9. The normalized spacial score (nSPS) is 19.7. The predicted octanol–water partition coefficient (Wildman–Crippen LogP) is 2.49. The van der Waals surface area contributed by atoms with Gasteiger partial charge in [0.15, 0.2) is 0 Å². The molecule has 6 nitrogen and oxygen atoms in total. The van der Waals surface area contributed by atoms with Crippen molar-refractivity contribution in [3.63, 3.8) is 0 Å². The van der Waals surface area contributed by atoms with Gasteiger partial charge in [-0.05, 0) is 45.0 Å². The molecule has 0 bridgehead atoms. The molecule has 1 fully saturated rings. The quantitative estimate of drug-likeness (QED) is 0.606. The third-order valence-corrected chi connectivity index (χ3v) is 5.69. The maximum atomic E-state index is 10.4. The molecule has 0 aromatic heterocycles. The minimum absolute atomic E-state index is 0.283. The van der Waals surface area contributed by atoms with Crippen LogP contribution in [-0.4, -0.2) is 84.2 Å². The summed E-state index contributed by atoms with van der Waals surface area (Å²) in [5.41, 5.74) is 2.37. The van der Waals surface area contributed by atoms with Crippen LogP contribution < -0.4 is 9.47 Å². The lowest BCUT2D eigenvalue weighted by molar-refractivity contribution is 0.00244. The van der Waals surface area contributed by atoms with E-state index in [-0.39, 0.29) is 13.2 Å². The highest BCUT2D eigenvalue weighted by atomic mass is 16.5. The van der Waals surface area contributed by atoms with Crippen LogP contribution in [0.2, 0.25) is 0 Å². The van der Waals surface area contributed by atoms with Gasteiger partial charge < -0.3 is 19.7 Å². The lowest BCUT2D eigenvalue weighted by Gasteiger charge is -2.41. The van der Waals surface area contributed by atoms with Crippen molar-refractivity contribution in [3.8, 4) is 11.5 Å². The first-order valence-corrected chi connectivity index (χ1v) is 11.1. The van der Waals surface area contributed by atoms with Crippen LogP contribution in [0.1, 0.15) is 18.1 Å². The van der Waals surface area contributed by atoms with Crippen LogP contribution in [0.25, 0.3) is 0 Å². The van der Waals surface area contributed by atoms with E-state index >= 15 is 0 Å². The molecular formula is C25H36N2O4. The molecule has 6 heteroatoms. The summed E-state index contributed by atoms with van der Waals surface area (Å²) >= 11 is 0. The van der Waals surface area contributed by atoms with Crippen molar-refractivity contribution >= 4 is 0 Å². The van der Waals surface area contributed by atoms with E-state index in [0.29, 0.717) is 19.1 Å². The maximum absolute atomic E-state index is 10.4. The molecule has 3 unspecified atom stereocenters. The zero-order valence-corrected chi connectivity index (χ0v) is 18.9. The Morgan fingerprint density at radius 3 is 1.77 bits per heavy atom. The minimum atomic E-state index is -0.538. The fourth-order valence-electron chi connectivity index (χ4n) is 3.84. The molecule has 0 aliphatic carbocycles. The number of hydrogen-bond donors (Lipinski definition) is 2. The van der Waals surface area contributed by atoms with E-state index in [2.05, 4.69) is 16.7 Å². The Hall–Kier alpha value is -2.12. The van der Waals surface area contributed by atoms with Gasteiger partial charge in [-0.15, -0.1) is 0 Å². The molecule has 31 heavy (non-hydrogen) atoms. The first-order valence-electron chi connectivity index (χ1n) is 11.1. The molecule has 0 saturated carbocycles. The first kappa shape index (κ1) is 23.5. The predicted molar refractivity (Wildman–Crippen MR) is 123 cm³/mol. The number of hydrogen-bond acceptors (Lipinski definition) is 6. The van der Waals surface area contributed by atoms with Crippen molar-refractivity contribution in [3.05, 3.63) is 59.7 Å². The van der Waals surface area contributed by atoms with Crippen LogP contribution in [0.5, 0.6) is 11.5 Å². The minimum Gasteiger partial charge on any atom is -0.491 e. The van der Waals surface area contributed by atoms with Crippen LogP contribution in [0, 0.1) is 13.8 Å².